The zero-order valence-electron chi connectivity index (χ0n) is 13.0. The lowest BCUT2D eigenvalue weighted by Crippen LogP contribution is -2.48. The summed E-state index contributed by atoms with van der Waals surface area (Å²) in [7, 11) is 2.04. The van der Waals surface area contributed by atoms with Crippen molar-refractivity contribution in [2.45, 2.75) is 32.9 Å². The quantitative estimate of drug-likeness (QED) is 0.816. The molecule has 0 aromatic carbocycles. The number of aryl methyl sites for hydroxylation is 1. The molecule has 2 rings (SSSR count). The van der Waals surface area contributed by atoms with Gasteiger partial charge >= 0.3 is 0 Å². The molecular formula is C15H28N4O. The van der Waals surface area contributed by atoms with Crippen LogP contribution >= 0.6 is 0 Å². The second kappa shape index (κ2) is 7.76. The van der Waals surface area contributed by atoms with Crippen LogP contribution in [-0.2, 0) is 18.3 Å². The third kappa shape index (κ3) is 4.58. The Labute approximate surface area is 122 Å². The van der Waals surface area contributed by atoms with E-state index in [1.165, 1.54) is 6.42 Å². The van der Waals surface area contributed by atoms with E-state index >= 15 is 0 Å². The van der Waals surface area contributed by atoms with Gasteiger partial charge in [0.1, 0.15) is 5.82 Å². The summed E-state index contributed by atoms with van der Waals surface area (Å²) in [5.74, 6) is 1.81. The van der Waals surface area contributed by atoms with Gasteiger partial charge in [-0.3, -0.25) is 4.90 Å². The summed E-state index contributed by atoms with van der Waals surface area (Å²) in [6.07, 6.45) is 5.07. The molecule has 1 atom stereocenters. The Bertz CT molecular complexity index is 385. The van der Waals surface area contributed by atoms with E-state index in [2.05, 4.69) is 33.6 Å². The minimum absolute atomic E-state index is 0.596. The summed E-state index contributed by atoms with van der Waals surface area (Å²) in [6.45, 7) is 10.3. The summed E-state index contributed by atoms with van der Waals surface area (Å²) in [6, 6.07) is 0.596. The van der Waals surface area contributed by atoms with Gasteiger partial charge in [0, 0.05) is 45.1 Å². The van der Waals surface area contributed by atoms with Crippen molar-refractivity contribution >= 4 is 0 Å². The van der Waals surface area contributed by atoms with Crippen LogP contribution in [0, 0.1) is 5.92 Å². The number of aromatic nitrogens is 2. The van der Waals surface area contributed by atoms with Crippen molar-refractivity contribution in [3.63, 3.8) is 0 Å². The fraction of sp³-hybridized carbons (Fsp3) is 0.800. The van der Waals surface area contributed by atoms with Gasteiger partial charge in [0.05, 0.1) is 19.8 Å². The standard InChI is InChI=1S/C15H28N4O/c1-13(2)10-14(19-6-8-20-9-7-19)11-16-12-15-17-4-5-18(15)3/h4-5,13-14,16H,6-12H2,1-3H3. The van der Waals surface area contributed by atoms with E-state index in [4.69, 9.17) is 4.74 Å². The monoisotopic (exact) mass is 280 g/mol. The number of morpholine rings is 1. The molecule has 114 valence electrons. The molecule has 0 aliphatic carbocycles. The van der Waals surface area contributed by atoms with Crippen molar-refractivity contribution in [3.05, 3.63) is 18.2 Å². The first-order valence-corrected chi connectivity index (χ1v) is 7.65. The fourth-order valence-corrected chi connectivity index (χ4v) is 2.77. The summed E-state index contributed by atoms with van der Waals surface area (Å²) < 4.78 is 7.53. The molecule has 0 amide bonds. The maximum absolute atomic E-state index is 5.46. The molecule has 20 heavy (non-hydrogen) atoms. The zero-order chi connectivity index (χ0) is 14.4. The molecule has 2 heterocycles. The molecule has 1 N–H and O–H groups in total. The number of nitrogens with one attached hydrogen (secondary N) is 1. The van der Waals surface area contributed by atoms with E-state index in [1.54, 1.807) is 0 Å². The van der Waals surface area contributed by atoms with Gasteiger partial charge in [-0.05, 0) is 12.3 Å². The number of nitrogens with zero attached hydrogens (tertiary/aromatic N) is 3. The molecule has 0 bridgehead atoms. The van der Waals surface area contributed by atoms with Crippen LogP contribution in [0.3, 0.4) is 0 Å². The van der Waals surface area contributed by atoms with Gasteiger partial charge < -0.3 is 14.6 Å². The third-order valence-corrected chi connectivity index (χ3v) is 3.89. The predicted molar refractivity (Wildman–Crippen MR) is 80.5 cm³/mol. The number of ether oxygens (including phenoxy) is 1. The highest BCUT2D eigenvalue weighted by Crippen LogP contribution is 2.13. The predicted octanol–water partition coefficient (Wildman–Crippen LogP) is 1.26. The fourth-order valence-electron chi connectivity index (χ4n) is 2.77. The van der Waals surface area contributed by atoms with E-state index in [1.807, 2.05) is 19.4 Å². The van der Waals surface area contributed by atoms with Gasteiger partial charge in [0.15, 0.2) is 0 Å². The van der Waals surface area contributed by atoms with Crippen LogP contribution in [0.4, 0.5) is 0 Å². The van der Waals surface area contributed by atoms with Crippen LogP contribution in [0.15, 0.2) is 12.4 Å². The highest BCUT2D eigenvalue weighted by Gasteiger charge is 2.21. The largest absolute Gasteiger partial charge is 0.379 e. The Morgan fingerprint density at radius 1 is 1.35 bits per heavy atom. The van der Waals surface area contributed by atoms with Crippen LogP contribution in [0.5, 0.6) is 0 Å². The van der Waals surface area contributed by atoms with Crippen molar-refractivity contribution in [2.75, 3.05) is 32.8 Å². The van der Waals surface area contributed by atoms with E-state index in [0.29, 0.717) is 6.04 Å². The SMILES string of the molecule is CC(C)CC(CNCc1nccn1C)N1CCOCC1. The molecule has 1 aliphatic heterocycles. The first-order chi connectivity index (χ1) is 9.66. The lowest BCUT2D eigenvalue weighted by molar-refractivity contribution is 0.0122. The molecule has 1 saturated heterocycles. The van der Waals surface area contributed by atoms with Crippen LogP contribution in [0.2, 0.25) is 0 Å². The second-order valence-electron chi connectivity index (χ2n) is 6.02. The van der Waals surface area contributed by atoms with Crippen LogP contribution < -0.4 is 5.32 Å². The van der Waals surface area contributed by atoms with Crippen LogP contribution in [0.1, 0.15) is 26.1 Å². The van der Waals surface area contributed by atoms with Crippen molar-refractivity contribution in [1.82, 2.24) is 19.8 Å². The first kappa shape index (κ1) is 15.5. The van der Waals surface area contributed by atoms with Gasteiger partial charge in [-0.25, -0.2) is 4.98 Å². The second-order valence-corrected chi connectivity index (χ2v) is 6.02. The first-order valence-electron chi connectivity index (χ1n) is 7.65. The Kier molecular flexibility index (Phi) is 6.01. The molecule has 1 unspecified atom stereocenters. The molecule has 5 nitrogen and oxygen atoms in total. The molecular weight excluding hydrogens is 252 g/mol. The minimum atomic E-state index is 0.596. The van der Waals surface area contributed by atoms with Crippen LogP contribution in [0.25, 0.3) is 0 Å². The summed E-state index contributed by atoms with van der Waals surface area (Å²) in [4.78, 5) is 6.92. The lowest BCUT2D eigenvalue weighted by Gasteiger charge is -2.35. The zero-order valence-corrected chi connectivity index (χ0v) is 13.0. The van der Waals surface area contributed by atoms with Gasteiger partial charge in [-0.15, -0.1) is 0 Å². The topological polar surface area (TPSA) is 42.3 Å². The maximum atomic E-state index is 5.46. The van der Waals surface area contributed by atoms with Gasteiger partial charge in [-0.1, -0.05) is 13.8 Å². The molecule has 0 saturated carbocycles. The van der Waals surface area contributed by atoms with Crippen molar-refractivity contribution in [3.8, 4) is 0 Å². The molecule has 1 aromatic heterocycles. The van der Waals surface area contributed by atoms with Crippen molar-refractivity contribution in [1.29, 1.82) is 0 Å². The average molecular weight is 280 g/mol. The molecule has 0 spiro atoms. The minimum Gasteiger partial charge on any atom is -0.379 e. The maximum Gasteiger partial charge on any atom is 0.122 e. The highest BCUT2D eigenvalue weighted by atomic mass is 16.5. The molecule has 1 aliphatic rings. The Morgan fingerprint density at radius 3 is 2.70 bits per heavy atom. The molecule has 5 heteroatoms. The lowest BCUT2D eigenvalue weighted by atomic mass is 10.0. The third-order valence-electron chi connectivity index (χ3n) is 3.89. The van der Waals surface area contributed by atoms with E-state index < -0.39 is 0 Å². The number of imidazole rings is 1. The number of hydrogen-bond acceptors (Lipinski definition) is 4. The average Bonchev–Trinajstić information content (AvgIpc) is 2.84. The smallest absolute Gasteiger partial charge is 0.122 e. The van der Waals surface area contributed by atoms with Crippen molar-refractivity contribution in [2.24, 2.45) is 13.0 Å². The van der Waals surface area contributed by atoms with Crippen LogP contribution in [-0.4, -0.2) is 53.3 Å². The van der Waals surface area contributed by atoms with Gasteiger partial charge in [0.25, 0.3) is 0 Å². The number of rotatable bonds is 7. The van der Waals surface area contributed by atoms with E-state index in [9.17, 15) is 0 Å². The summed E-state index contributed by atoms with van der Waals surface area (Å²) >= 11 is 0. The number of hydrogen-bond donors (Lipinski definition) is 1. The molecule has 1 aromatic rings. The Morgan fingerprint density at radius 2 is 2.10 bits per heavy atom. The Hall–Kier alpha value is -0.910. The van der Waals surface area contributed by atoms with E-state index in [0.717, 1.165) is 51.1 Å². The van der Waals surface area contributed by atoms with E-state index in [-0.39, 0.29) is 0 Å². The van der Waals surface area contributed by atoms with Gasteiger partial charge in [-0.2, -0.15) is 0 Å². The Balaban J connectivity index is 1.82. The summed E-state index contributed by atoms with van der Waals surface area (Å²) in [5, 5.41) is 3.57. The summed E-state index contributed by atoms with van der Waals surface area (Å²) in [5.41, 5.74) is 0. The van der Waals surface area contributed by atoms with Gasteiger partial charge in [0.2, 0.25) is 0 Å². The normalized spacial score (nSPS) is 18.6. The molecule has 1 fully saturated rings. The highest BCUT2D eigenvalue weighted by molar-refractivity contribution is 4.90. The van der Waals surface area contributed by atoms with Crippen molar-refractivity contribution < 1.29 is 4.74 Å². The molecule has 0 radical (unpaired) electrons.